The molecule has 0 bridgehead atoms. The van der Waals surface area contributed by atoms with E-state index in [2.05, 4.69) is 55.4 Å². The highest BCUT2D eigenvalue weighted by Crippen LogP contribution is 2.45. The monoisotopic (exact) mass is 1420 g/mol. The molecule has 0 amide bonds. The van der Waals surface area contributed by atoms with Crippen molar-refractivity contribution in [3.63, 3.8) is 0 Å². The molecule has 0 radical (unpaired) electrons. The Morgan fingerprint density at radius 1 is 0.289 bits per heavy atom. The normalized spacial score (nSPS) is 14.4. The van der Waals surface area contributed by atoms with E-state index in [9.17, 15) is 43.2 Å². The smallest absolute Gasteiger partial charge is 0.462 e. The SMILES string of the molecule is CCC(C)CCCCCCCCCCCCCCCCC(=O)O[C@H](COC(=O)CCCCCCCCCCCCCCCCCC(C)C)COP(=O)(O)OC[C@@H](O)COP(=O)(O)OC[C@@H](COC(=O)CCCCCCCCC(C)C)OC(=O)CCCCCCCCCCCC(C)C. The quantitative estimate of drug-likeness (QED) is 0.0222. The average Bonchev–Trinajstić information content (AvgIpc) is 1.43. The number of carbonyl (C=O) groups excluding carboxylic acids is 4. The molecule has 0 aliphatic heterocycles. The fourth-order valence-electron chi connectivity index (χ4n) is 11.9. The molecule has 576 valence electrons. The van der Waals surface area contributed by atoms with E-state index in [0.29, 0.717) is 31.6 Å². The molecule has 0 saturated carbocycles. The molecule has 3 N–H and O–H groups in total. The van der Waals surface area contributed by atoms with Crippen LogP contribution in [-0.2, 0) is 65.4 Å². The van der Waals surface area contributed by atoms with Crippen LogP contribution in [0.5, 0.6) is 0 Å². The summed E-state index contributed by atoms with van der Waals surface area (Å²) in [6, 6.07) is 0. The molecule has 0 spiro atoms. The zero-order chi connectivity index (χ0) is 71.7. The van der Waals surface area contributed by atoms with Crippen LogP contribution in [0.4, 0.5) is 0 Å². The summed E-state index contributed by atoms with van der Waals surface area (Å²) in [6.07, 6.45) is 52.9. The largest absolute Gasteiger partial charge is 0.472 e. The lowest BCUT2D eigenvalue weighted by atomic mass is 9.99. The van der Waals surface area contributed by atoms with Crippen molar-refractivity contribution in [1.82, 2.24) is 0 Å². The Morgan fingerprint density at radius 2 is 0.495 bits per heavy atom. The summed E-state index contributed by atoms with van der Waals surface area (Å²) in [5.41, 5.74) is 0. The van der Waals surface area contributed by atoms with Gasteiger partial charge in [-0.2, -0.15) is 0 Å². The fraction of sp³-hybridized carbons (Fsp3) is 0.949. The predicted molar refractivity (Wildman–Crippen MR) is 395 cm³/mol. The Hall–Kier alpha value is -1.94. The van der Waals surface area contributed by atoms with Crippen LogP contribution in [0.15, 0.2) is 0 Å². The summed E-state index contributed by atoms with van der Waals surface area (Å²) in [6.45, 7) is 14.2. The summed E-state index contributed by atoms with van der Waals surface area (Å²) in [5, 5.41) is 10.6. The number of phosphoric ester groups is 2. The molecule has 0 aromatic rings. The molecular weight excluding hydrogens is 1270 g/mol. The van der Waals surface area contributed by atoms with E-state index in [1.807, 2.05) is 0 Å². The summed E-state index contributed by atoms with van der Waals surface area (Å²) in [5.74, 6) is 0.947. The third kappa shape index (κ3) is 70.9. The van der Waals surface area contributed by atoms with Crippen molar-refractivity contribution in [2.75, 3.05) is 39.6 Å². The molecule has 0 heterocycles. The van der Waals surface area contributed by atoms with Crippen molar-refractivity contribution in [2.24, 2.45) is 23.7 Å². The molecule has 6 atom stereocenters. The van der Waals surface area contributed by atoms with Crippen molar-refractivity contribution < 1.29 is 80.2 Å². The summed E-state index contributed by atoms with van der Waals surface area (Å²) in [4.78, 5) is 72.8. The van der Waals surface area contributed by atoms with Gasteiger partial charge in [-0.15, -0.1) is 0 Å². The lowest BCUT2D eigenvalue weighted by molar-refractivity contribution is -0.161. The van der Waals surface area contributed by atoms with Gasteiger partial charge in [0.05, 0.1) is 26.4 Å². The van der Waals surface area contributed by atoms with Gasteiger partial charge in [-0.3, -0.25) is 37.3 Å². The van der Waals surface area contributed by atoms with E-state index in [4.69, 9.17) is 37.0 Å². The van der Waals surface area contributed by atoms with Crippen molar-refractivity contribution >= 4 is 39.5 Å². The average molecular weight is 1420 g/mol. The number of esters is 4. The molecule has 0 saturated heterocycles. The summed E-state index contributed by atoms with van der Waals surface area (Å²) < 4.78 is 68.6. The minimum atomic E-state index is -4.96. The van der Waals surface area contributed by atoms with Gasteiger partial charge in [0.15, 0.2) is 12.2 Å². The molecule has 0 aliphatic rings. The first-order valence-electron chi connectivity index (χ1n) is 40.2. The van der Waals surface area contributed by atoms with E-state index >= 15 is 0 Å². The van der Waals surface area contributed by atoms with Gasteiger partial charge < -0.3 is 33.8 Å². The van der Waals surface area contributed by atoms with Crippen LogP contribution >= 0.6 is 15.6 Å². The van der Waals surface area contributed by atoms with Crippen molar-refractivity contribution in [2.45, 2.75) is 414 Å². The van der Waals surface area contributed by atoms with Gasteiger partial charge in [0, 0.05) is 25.7 Å². The second-order valence-electron chi connectivity index (χ2n) is 29.8. The van der Waals surface area contributed by atoms with Crippen molar-refractivity contribution in [3.05, 3.63) is 0 Å². The number of ether oxygens (including phenoxy) is 4. The molecule has 0 aromatic carbocycles. The maximum absolute atomic E-state index is 13.1. The Labute approximate surface area is 594 Å². The van der Waals surface area contributed by atoms with Crippen LogP contribution in [0.3, 0.4) is 0 Å². The topological polar surface area (TPSA) is 237 Å². The molecule has 0 rings (SSSR count). The molecule has 0 fully saturated rings. The minimum Gasteiger partial charge on any atom is -0.462 e. The Kier molecular flexibility index (Phi) is 65.9. The maximum Gasteiger partial charge on any atom is 0.472 e. The Bertz CT molecular complexity index is 1900. The van der Waals surface area contributed by atoms with Crippen molar-refractivity contribution in [3.8, 4) is 0 Å². The van der Waals surface area contributed by atoms with Gasteiger partial charge in [0.1, 0.15) is 19.3 Å². The number of aliphatic hydroxyl groups is 1. The molecule has 17 nitrogen and oxygen atoms in total. The fourth-order valence-corrected chi connectivity index (χ4v) is 13.5. The number of hydrogen-bond acceptors (Lipinski definition) is 15. The number of hydrogen-bond donors (Lipinski definition) is 3. The van der Waals surface area contributed by atoms with E-state index in [-0.39, 0.29) is 25.7 Å². The lowest BCUT2D eigenvalue weighted by Gasteiger charge is -2.21. The second-order valence-corrected chi connectivity index (χ2v) is 32.7. The number of phosphoric acid groups is 2. The minimum absolute atomic E-state index is 0.104. The third-order valence-corrected chi connectivity index (χ3v) is 20.3. The number of rotatable bonds is 75. The van der Waals surface area contributed by atoms with Gasteiger partial charge in [-0.05, 0) is 49.4 Å². The lowest BCUT2D eigenvalue weighted by Crippen LogP contribution is -2.30. The first kappa shape index (κ1) is 95.1. The molecular formula is C78H152O17P2. The number of carbonyl (C=O) groups is 4. The Morgan fingerprint density at radius 3 is 0.732 bits per heavy atom. The highest BCUT2D eigenvalue weighted by molar-refractivity contribution is 7.47. The van der Waals surface area contributed by atoms with Crippen LogP contribution in [0.25, 0.3) is 0 Å². The second kappa shape index (κ2) is 67.2. The van der Waals surface area contributed by atoms with Gasteiger partial charge in [-0.25, -0.2) is 9.13 Å². The van der Waals surface area contributed by atoms with Crippen LogP contribution in [0, 0.1) is 23.7 Å². The maximum atomic E-state index is 13.1. The van der Waals surface area contributed by atoms with Crippen LogP contribution in [0.2, 0.25) is 0 Å². The van der Waals surface area contributed by atoms with Crippen LogP contribution < -0.4 is 0 Å². The molecule has 0 aliphatic carbocycles. The van der Waals surface area contributed by atoms with E-state index in [0.717, 1.165) is 114 Å². The first-order chi connectivity index (χ1) is 46.6. The molecule has 19 heteroatoms. The number of aliphatic hydroxyl groups excluding tert-OH is 1. The van der Waals surface area contributed by atoms with Crippen LogP contribution in [0.1, 0.15) is 396 Å². The summed E-state index contributed by atoms with van der Waals surface area (Å²) in [7, 11) is -9.92. The highest BCUT2D eigenvalue weighted by atomic mass is 31.2. The summed E-state index contributed by atoms with van der Waals surface area (Å²) >= 11 is 0. The Balaban J connectivity index is 5.23. The standard InChI is InChI=1S/C78H152O17P2/c1-9-71(8)57-49-41-32-26-20-16-13-14-18-22-28-34-44-52-60-77(82)94-73(64-88-75(80)58-50-42-33-27-21-17-12-10-11-15-19-24-30-38-46-54-68(2)3)66-92-96(84,85)90-62-72(79)63-91-97(86,87)93-67-74(65-89-76(81)59-51-43-37-36-40-48-56-70(6)7)95-78(83)61-53-45-35-29-23-25-31-39-47-55-69(4)5/h68-74,79H,9-67H2,1-8H3,(H,84,85)(H,86,87)/t71?,72-,73-,74-/m1/s1. The van der Waals surface area contributed by atoms with Crippen LogP contribution in [-0.4, -0.2) is 96.7 Å². The van der Waals surface area contributed by atoms with Gasteiger partial charge in [0.25, 0.3) is 0 Å². The van der Waals surface area contributed by atoms with Crippen molar-refractivity contribution in [1.29, 1.82) is 0 Å². The predicted octanol–water partition coefficient (Wildman–Crippen LogP) is 22.8. The van der Waals surface area contributed by atoms with E-state index in [1.54, 1.807) is 0 Å². The number of unbranched alkanes of at least 4 members (excludes halogenated alkanes) is 40. The van der Waals surface area contributed by atoms with Gasteiger partial charge in [0.2, 0.25) is 0 Å². The van der Waals surface area contributed by atoms with E-state index in [1.165, 1.54) is 193 Å². The zero-order valence-electron chi connectivity index (χ0n) is 63.7. The third-order valence-electron chi connectivity index (χ3n) is 18.4. The molecule has 3 unspecified atom stereocenters. The zero-order valence-corrected chi connectivity index (χ0v) is 65.5. The van der Waals surface area contributed by atoms with Gasteiger partial charge in [-0.1, -0.05) is 344 Å². The van der Waals surface area contributed by atoms with E-state index < -0.39 is 97.5 Å². The van der Waals surface area contributed by atoms with Gasteiger partial charge >= 0.3 is 39.5 Å². The molecule has 97 heavy (non-hydrogen) atoms. The molecule has 0 aromatic heterocycles. The first-order valence-corrected chi connectivity index (χ1v) is 43.2. The highest BCUT2D eigenvalue weighted by Gasteiger charge is 2.30.